The molecule has 5 heteroatoms. The van der Waals surface area contributed by atoms with Gasteiger partial charge in [0, 0.05) is 6.20 Å². The molecule has 1 saturated heterocycles. The lowest BCUT2D eigenvalue weighted by Gasteiger charge is -2.32. The first kappa shape index (κ1) is 14.5. The van der Waals surface area contributed by atoms with Gasteiger partial charge in [0.15, 0.2) is 0 Å². The monoisotopic (exact) mass is 263 g/mol. The Kier molecular flexibility index (Phi) is 3.50. The molecule has 1 unspecified atom stereocenters. The van der Waals surface area contributed by atoms with Crippen molar-refractivity contribution in [1.29, 1.82) is 0 Å². The van der Waals surface area contributed by atoms with Crippen molar-refractivity contribution in [2.45, 2.75) is 58.8 Å². The van der Waals surface area contributed by atoms with Gasteiger partial charge < -0.3 is 14.4 Å². The summed E-state index contributed by atoms with van der Waals surface area (Å²) in [7, 11) is -0.532. The maximum Gasteiger partial charge on any atom is 0.514 e. The molecule has 1 aromatic heterocycles. The quantitative estimate of drug-likeness (QED) is 0.826. The SMILES string of the molecule is Cc1cnc(B2OC(C)(C)C(C)(C)O2)c(C(C)O)c1. The first-order valence-corrected chi connectivity index (χ1v) is 6.64. The Hall–Kier alpha value is -0.905. The third-order valence-corrected chi connectivity index (χ3v) is 4.01. The van der Waals surface area contributed by atoms with Gasteiger partial charge in [-0.2, -0.15) is 0 Å². The van der Waals surface area contributed by atoms with E-state index in [1.807, 2.05) is 40.7 Å². The second-order valence-corrected chi connectivity index (χ2v) is 6.25. The van der Waals surface area contributed by atoms with Crippen LogP contribution in [0.25, 0.3) is 0 Å². The van der Waals surface area contributed by atoms with Crippen molar-refractivity contribution in [2.24, 2.45) is 0 Å². The van der Waals surface area contributed by atoms with Crippen LogP contribution in [0.4, 0.5) is 0 Å². The van der Waals surface area contributed by atoms with E-state index in [0.717, 1.165) is 11.1 Å². The first-order valence-electron chi connectivity index (χ1n) is 6.64. The van der Waals surface area contributed by atoms with Gasteiger partial charge in [0.1, 0.15) is 0 Å². The fourth-order valence-corrected chi connectivity index (χ4v) is 2.09. The van der Waals surface area contributed by atoms with Crippen LogP contribution >= 0.6 is 0 Å². The Bertz CT molecular complexity index is 470. The topological polar surface area (TPSA) is 51.6 Å². The van der Waals surface area contributed by atoms with Crippen molar-refractivity contribution in [1.82, 2.24) is 4.98 Å². The number of pyridine rings is 1. The van der Waals surface area contributed by atoms with Gasteiger partial charge in [-0.05, 0) is 52.7 Å². The van der Waals surface area contributed by atoms with Gasteiger partial charge in [-0.25, -0.2) is 0 Å². The highest BCUT2D eigenvalue weighted by Crippen LogP contribution is 2.36. The van der Waals surface area contributed by atoms with E-state index in [9.17, 15) is 5.11 Å². The predicted octanol–water partition coefficient (Wildman–Crippen LogP) is 1.74. The molecule has 0 saturated carbocycles. The van der Waals surface area contributed by atoms with Gasteiger partial charge in [0.2, 0.25) is 0 Å². The minimum atomic E-state index is -0.596. The molecular formula is C14H22BNO3. The van der Waals surface area contributed by atoms with E-state index in [1.54, 1.807) is 13.1 Å². The van der Waals surface area contributed by atoms with E-state index in [0.29, 0.717) is 5.59 Å². The molecule has 4 nitrogen and oxygen atoms in total. The number of hydrogen-bond acceptors (Lipinski definition) is 4. The minimum Gasteiger partial charge on any atom is -0.398 e. The van der Waals surface area contributed by atoms with Crippen molar-refractivity contribution in [2.75, 3.05) is 0 Å². The van der Waals surface area contributed by atoms with Crippen LogP contribution in [0, 0.1) is 6.92 Å². The maximum absolute atomic E-state index is 9.90. The maximum atomic E-state index is 9.90. The van der Waals surface area contributed by atoms with E-state index in [-0.39, 0.29) is 0 Å². The third-order valence-electron chi connectivity index (χ3n) is 4.01. The summed E-state index contributed by atoms with van der Waals surface area (Å²) in [6.07, 6.45) is 1.17. The Morgan fingerprint density at radius 1 is 1.21 bits per heavy atom. The predicted molar refractivity (Wildman–Crippen MR) is 75.3 cm³/mol. The largest absolute Gasteiger partial charge is 0.514 e. The molecule has 1 aliphatic heterocycles. The highest BCUT2D eigenvalue weighted by Gasteiger charge is 2.53. The molecule has 1 N–H and O–H groups in total. The molecule has 1 atom stereocenters. The molecular weight excluding hydrogens is 241 g/mol. The molecule has 0 spiro atoms. The lowest BCUT2D eigenvalue weighted by Crippen LogP contribution is -2.41. The highest BCUT2D eigenvalue weighted by molar-refractivity contribution is 6.61. The summed E-state index contributed by atoms with van der Waals surface area (Å²) >= 11 is 0. The smallest absolute Gasteiger partial charge is 0.398 e. The summed E-state index contributed by atoms with van der Waals surface area (Å²) in [5.41, 5.74) is 1.63. The van der Waals surface area contributed by atoms with Crippen LogP contribution in [0.5, 0.6) is 0 Å². The molecule has 0 aromatic carbocycles. The van der Waals surface area contributed by atoms with Crippen molar-refractivity contribution in [3.05, 3.63) is 23.4 Å². The first-order chi connectivity index (χ1) is 8.64. The molecule has 0 amide bonds. The summed E-state index contributed by atoms with van der Waals surface area (Å²) in [6, 6.07) is 1.93. The van der Waals surface area contributed by atoms with Crippen LogP contribution < -0.4 is 5.59 Å². The van der Waals surface area contributed by atoms with Crippen LogP contribution in [-0.4, -0.2) is 28.4 Å². The number of rotatable bonds is 2. The van der Waals surface area contributed by atoms with Crippen LogP contribution in [0.2, 0.25) is 0 Å². The number of aliphatic hydroxyl groups excluding tert-OH is 1. The molecule has 0 radical (unpaired) electrons. The van der Waals surface area contributed by atoms with Crippen molar-refractivity contribution in [3.63, 3.8) is 0 Å². The lowest BCUT2D eigenvalue weighted by molar-refractivity contribution is 0.00578. The Balaban J connectivity index is 2.39. The molecule has 1 fully saturated rings. The Labute approximate surface area is 115 Å². The van der Waals surface area contributed by atoms with E-state index < -0.39 is 24.4 Å². The zero-order chi connectivity index (χ0) is 14.4. The number of nitrogens with zero attached hydrogens (tertiary/aromatic N) is 1. The molecule has 0 aliphatic carbocycles. The van der Waals surface area contributed by atoms with Crippen LogP contribution in [0.3, 0.4) is 0 Å². The molecule has 104 valence electrons. The zero-order valence-electron chi connectivity index (χ0n) is 12.5. The van der Waals surface area contributed by atoms with E-state index >= 15 is 0 Å². The normalized spacial score (nSPS) is 22.6. The zero-order valence-corrected chi connectivity index (χ0v) is 12.5. The second kappa shape index (κ2) is 4.58. The fraction of sp³-hybridized carbons (Fsp3) is 0.643. The van der Waals surface area contributed by atoms with E-state index in [1.165, 1.54) is 0 Å². The highest BCUT2D eigenvalue weighted by atomic mass is 16.7. The molecule has 1 aromatic rings. The van der Waals surface area contributed by atoms with Gasteiger partial charge in [0.05, 0.1) is 22.9 Å². The van der Waals surface area contributed by atoms with Gasteiger partial charge in [-0.3, -0.25) is 4.98 Å². The van der Waals surface area contributed by atoms with Crippen LogP contribution in [0.15, 0.2) is 12.3 Å². The Morgan fingerprint density at radius 3 is 2.21 bits per heavy atom. The summed E-state index contributed by atoms with van der Waals surface area (Å²) in [6.45, 7) is 11.7. The fourth-order valence-electron chi connectivity index (χ4n) is 2.09. The molecule has 1 aliphatic rings. The van der Waals surface area contributed by atoms with Crippen molar-refractivity contribution in [3.8, 4) is 0 Å². The summed E-state index contributed by atoms with van der Waals surface area (Å²) in [4.78, 5) is 4.40. The summed E-state index contributed by atoms with van der Waals surface area (Å²) in [5, 5.41) is 9.90. The molecule has 2 heterocycles. The summed E-state index contributed by atoms with van der Waals surface area (Å²) in [5.74, 6) is 0. The molecule has 0 bridgehead atoms. The van der Waals surface area contributed by atoms with Crippen LogP contribution in [-0.2, 0) is 9.31 Å². The second-order valence-electron chi connectivity index (χ2n) is 6.25. The number of aromatic nitrogens is 1. The third kappa shape index (κ3) is 2.55. The average molecular weight is 263 g/mol. The molecule has 19 heavy (non-hydrogen) atoms. The van der Waals surface area contributed by atoms with Gasteiger partial charge >= 0.3 is 7.12 Å². The minimum absolute atomic E-state index is 0.403. The molecule has 2 rings (SSSR count). The van der Waals surface area contributed by atoms with Gasteiger partial charge in [-0.1, -0.05) is 6.07 Å². The van der Waals surface area contributed by atoms with Crippen LogP contribution in [0.1, 0.15) is 51.8 Å². The number of aryl methyl sites for hydroxylation is 1. The van der Waals surface area contributed by atoms with Crippen molar-refractivity contribution >= 4 is 12.7 Å². The lowest BCUT2D eigenvalue weighted by atomic mass is 9.79. The number of hydrogen-bond donors (Lipinski definition) is 1. The van der Waals surface area contributed by atoms with E-state index in [4.69, 9.17) is 9.31 Å². The standard InChI is InChI=1S/C14H22BNO3/c1-9-7-11(10(2)17)12(16-8-9)15-18-13(3,4)14(5,6)19-15/h7-8,10,17H,1-6H3. The number of aliphatic hydroxyl groups is 1. The average Bonchev–Trinajstić information content (AvgIpc) is 2.47. The van der Waals surface area contributed by atoms with Gasteiger partial charge in [-0.15, -0.1) is 0 Å². The summed E-state index contributed by atoms with van der Waals surface area (Å²) < 4.78 is 12.0. The van der Waals surface area contributed by atoms with Crippen molar-refractivity contribution < 1.29 is 14.4 Å². The van der Waals surface area contributed by atoms with Gasteiger partial charge in [0.25, 0.3) is 0 Å². The van der Waals surface area contributed by atoms with E-state index in [2.05, 4.69) is 4.98 Å². The Morgan fingerprint density at radius 2 is 1.74 bits per heavy atom.